The average molecular weight is 511 g/mol. The molecule has 4 aromatic rings. The topological polar surface area (TPSA) is 99.4 Å². The minimum Gasteiger partial charge on any atom is -0.378 e. The second-order valence-corrected chi connectivity index (χ2v) is 9.57. The summed E-state index contributed by atoms with van der Waals surface area (Å²) in [6, 6.07) is 21.6. The first-order chi connectivity index (χ1) is 16.7. The Hall–Kier alpha value is -3.04. The highest BCUT2D eigenvalue weighted by molar-refractivity contribution is 7.19. The average Bonchev–Trinajstić information content (AvgIpc) is 3.18. The molecule has 0 radical (unpaired) electrons. The van der Waals surface area contributed by atoms with Crippen LogP contribution in [-0.4, -0.2) is 14.1 Å². The predicted molar refractivity (Wildman–Crippen MR) is 133 cm³/mol. The summed E-state index contributed by atoms with van der Waals surface area (Å²) in [5, 5.41) is 3.91. The number of halogens is 1. The van der Waals surface area contributed by atoms with E-state index in [1.54, 1.807) is 0 Å². The highest BCUT2D eigenvalue weighted by Crippen LogP contribution is 2.29. The van der Waals surface area contributed by atoms with Gasteiger partial charge >= 0.3 is 0 Å². The molecule has 0 saturated heterocycles. The summed E-state index contributed by atoms with van der Waals surface area (Å²) in [5.41, 5.74) is 3.73. The van der Waals surface area contributed by atoms with Crippen molar-refractivity contribution in [1.29, 1.82) is 0 Å². The molecule has 182 valence electrons. The Balaban J connectivity index is 0.000000623. The second-order valence-electron chi connectivity index (χ2n) is 7.79. The third-order valence-electron chi connectivity index (χ3n) is 5.21. The molecule has 1 heterocycles. The first-order valence-corrected chi connectivity index (χ1v) is 13.0. The van der Waals surface area contributed by atoms with E-state index in [0.717, 1.165) is 6.54 Å². The maximum atomic E-state index is 8.49. The number of nitrogens with zero attached hydrogens (tertiary/aromatic N) is 2. The van der Waals surface area contributed by atoms with Crippen molar-refractivity contribution in [3.05, 3.63) is 95.5 Å². The Morgan fingerprint density at radius 1 is 0.829 bits per heavy atom. The van der Waals surface area contributed by atoms with E-state index in [0.29, 0.717) is 0 Å². The van der Waals surface area contributed by atoms with E-state index < -0.39 is 10.2 Å². The minimum absolute atomic E-state index is 0.963. The maximum absolute atomic E-state index is 8.49. The zero-order chi connectivity index (χ0) is 25.4. The Morgan fingerprint density at radius 2 is 1.46 bits per heavy atom. The summed E-state index contributed by atoms with van der Waals surface area (Å²) >= 11 is 1.86. The number of aromatic nitrogens is 1. The lowest BCUT2D eigenvalue weighted by Crippen LogP contribution is -2.68. The molecule has 0 aliphatic carbocycles. The van der Waals surface area contributed by atoms with Gasteiger partial charge in [-0.2, -0.15) is 4.57 Å². The fourth-order valence-corrected chi connectivity index (χ4v) is 4.87. The molecule has 0 bridgehead atoms. The van der Waals surface area contributed by atoms with Crippen LogP contribution < -0.4 is 28.1 Å². The van der Waals surface area contributed by atoms with E-state index in [9.17, 15) is 0 Å². The number of hydrogen-bond acceptors (Lipinski definition) is 6. The van der Waals surface area contributed by atoms with E-state index in [1.165, 1.54) is 37.2 Å². The highest BCUT2D eigenvalue weighted by atomic mass is 35.7. The van der Waals surface area contributed by atoms with Crippen LogP contribution in [0.4, 0.5) is 5.69 Å². The van der Waals surface area contributed by atoms with Gasteiger partial charge in [-0.25, -0.2) is 18.6 Å². The van der Waals surface area contributed by atoms with Crippen molar-refractivity contribution in [2.75, 3.05) is 19.0 Å². The van der Waals surface area contributed by atoms with Gasteiger partial charge in [0, 0.05) is 37.3 Å². The van der Waals surface area contributed by atoms with Crippen molar-refractivity contribution >= 4 is 50.2 Å². The first kappa shape index (κ1) is 26.6. The highest BCUT2D eigenvalue weighted by Gasteiger charge is 2.18. The third-order valence-corrected chi connectivity index (χ3v) is 6.41. The van der Waals surface area contributed by atoms with Gasteiger partial charge in [0.25, 0.3) is 5.01 Å². The van der Waals surface area contributed by atoms with Gasteiger partial charge in [-0.05, 0) is 36.1 Å². The zero-order valence-electron chi connectivity index (χ0n) is 19.8. The first-order valence-electron chi connectivity index (χ1n) is 10.9. The number of hydrogen-bond donors (Lipinski definition) is 0. The number of fused-ring (bicyclic) bond motifs is 3. The van der Waals surface area contributed by atoms with Crippen LogP contribution in [0, 0.1) is 10.2 Å². The molecule has 6 nitrogen and oxygen atoms in total. The Bertz CT molecular complexity index is 1350. The van der Waals surface area contributed by atoms with Crippen molar-refractivity contribution in [3.8, 4) is 0 Å². The van der Waals surface area contributed by atoms with E-state index in [-0.39, 0.29) is 0 Å². The Kier molecular flexibility index (Phi) is 9.17. The molecule has 0 unspecified atom stereocenters. The maximum Gasteiger partial charge on any atom is 0.262 e. The molecule has 0 aliphatic heterocycles. The third kappa shape index (κ3) is 7.73. The predicted octanol–water partition coefficient (Wildman–Crippen LogP) is 1.95. The molecule has 0 amide bonds. The molecule has 3 aromatic carbocycles. The van der Waals surface area contributed by atoms with Crippen LogP contribution in [0.3, 0.4) is 0 Å². The van der Waals surface area contributed by atoms with E-state index in [4.69, 9.17) is 18.6 Å². The van der Waals surface area contributed by atoms with E-state index in [2.05, 4.69) is 128 Å². The summed E-state index contributed by atoms with van der Waals surface area (Å²) in [7, 11) is -0.831. The lowest BCUT2D eigenvalue weighted by atomic mass is 10.1. The normalized spacial score (nSPS) is 12.2. The van der Waals surface area contributed by atoms with Gasteiger partial charge in [0.1, 0.15) is 11.2 Å². The van der Waals surface area contributed by atoms with Crippen LogP contribution in [0.1, 0.15) is 17.5 Å². The number of rotatable bonds is 6. The second kappa shape index (κ2) is 12.1. The Morgan fingerprint density at radius 3 is 2.09 bits per heavy atom. The van der Waals surface area contributed by atoms with Crippen LogP contribution in [0.25, 0.3) is 33.1 Å². The van der Waals surface area contributed by atoms with Crippen LogP contribution in [0.2, 0.25) is 0 Å². The molecule has 1 aromatic heterocycles. The van der Waals surface area contributed by atoms with Gasteiger partial charge in [0.2, 0.25) is 5.52 Å². The molecule has 0 N–H and O–H groups in total. The summed E-state index contributed by atoms with van der Waals surface area (Å²) < 4.78 is 37.7. The molecular formula is C27H27ClN2O4S. The molecule has 4 rings (SSSR count). The number of thiazole rings is 1. The summed E-state index contributed by atoms with van der Waals surface area (Å²) in [5.74, 6) is 0. The van der Waals surface area contributed by atoms with Crippen molar-refractivity contribution < 1.29 is 33.4 Å². The number of anilines is 1. The fourth-order valence-electron chi connectivity index (χ4n) is 3.60. The van der Waals surface area contributed by atoms with Crippen molar-refractivity contribution in [3.63, 3.8) is 0 Å². The lowest BCUT2D eigenvalue weighted by Gasteiger charge is -2.17. The van der Waals surface area contributed by atoms with E-state index >= 15 is 0 Å². The van der Waals surface area contributed by atoms with Crippen LogP contribution >= 0.6 is 11.3 Å². The van der Waals surface area contributed by atoms with Gasteiger partial charge in [-0.15, -0.1) is 10.2 Å². The summed E-state index contributed by atoms with van der Waals surface area (Å²) in [4.78, 5) is 2.11. The molecule has 0 saturated carbocycles. The van der Waals surface area contributed by atoms with Crippen molar-refractivity contribution in [2.24, 2.45) is 0 Å². The number of benzene rings is 3. The molecule has 35 heavy (non-hydrogen) atoms. The van der Waals surface area contributed by atoms with Gasteiger partial charge in [-0.1, -0.05) is 78.1 Å². The minimum atomic E-state index is -4.94. The molecule has 8 heteroatoms. The van der Waals surface area contributed by atoms with Crippen LogP contribution in [0.15, 0.2) is 85.0 Å². The standard InChI is InChI=1S/C27H27N2S.ClHO4/c1-4-29-25-20-17-22-12-9-10-13-24(22)27(25)30-26(29)14-8-6-5-7-11-21-15-18-23(19-16-21)28(2)3;2-1(3,4)5/h5-20H,4H2,1-3H3;(H,2,3,4,5)/q+1;/p-1. The Labute approximate surface area is 211 Å². The molecule has 0 fully saturated rings. The monoisotopic (exact) mass is 510 g/mol. The summed E-state index contributed by atoms with van der Waals surface area (Å²) in [6.07, 6.45) is 12.7. The summed E-state index contributed by atoms with van der Waals surface area (Å²) in [6.45, 7) is 3.17. The van der Waals surface area contributed by atoms with Gasteiger partial charge in [-0.3, -0.25) is 0 Å². The molecular weight excluding hydrogens is 484 g/mol. The quantitative estimate of drug-likeness (QED) is 0.291. The van der Waals surface area contributed by atoms with Crippen LogP contribution in [-0.2, 0) is 6.54 Å². The van der Waals surface area contributed by atoms with Gasteiger partial charge in [0.15, 0.2) is 0 Å². The van der Waals surface area contributed by atoms with Gasteiger partial charge in [0.05, 0.1) is 0 Å². The van der Waals surface area contributed by atoms with E-state index in [1.807, 2.05) is 11.3 Å². The smallest absolute Gasteiger partial charge is 0.262 e. The van der Waals surface area contributed by atoms with Crippen LogP contribution in [0.5, 0.6) is 0 Å². The van der Waals surface area contributed by atoms with Gasteiger partial charge < -0.3 is 4.90 Å². The zero-order valence-corrected chi connectivity index (χ0v) is 21.3. The van der Waals surface area contributed by atoms with Crippen molar-refractivity contribution in [1.82, 2.24) is 0 Å². The van der Waals surface area contributed by atoms with Crippen molar-refractivity contribution in [2.45, 2.75) is 13.5 Å². The lowest BCUT2D eigenvalue weighted by molar-refractivity contribution is -2.00. The molecule has 0 atom stereocenters. The fraction of sp³-hybridized carbons (Fsp3) is 0.148. The molecule has 0 aliphatic rings. The SMILES string of the molecule is CC[n+]1c(C=CC=CC=Cc2ccc(N(C)C)cc2)sc2c3ccccc3ccc21.[O-][Cl+3]([O-])([O-])[O-]. The number of aryl methyl sites for hydroxylation is 1. The largest absolute Gasteiger partial charge is 0.378 e. The molecule has 0 spiro atoms. The number of allylic oxidation sites excluding steroid dienone is 4.